The Morgan fingerprint density at radius 1 is 0.763 bits per heavy atom. The molecular weight excluding hydrogens is 560 g/mol. The summed E-state index contributed by atoms with van der Waals surface area (Å²) in [6.07, 6.45) is 3.13. The number of hydrogen-bond donors (Lipinski definition) is 0. The largest absolute Gasteiger partial charge is 0.339 e. The predicted octanol–water partition coefficient (Wildman–Crippen LogP) is 7.13. The summed E-state index contributed by atoms with van der Waals surface area (Å²) < 4.78 is 0. The second-order valence-corrected chi connectivity index (χ2v) is 10.6. The normalized spacial score (nSPS) is 18.5. The fourth-order valence-corrected chi connectivity index (χ4v) is 5.95. The van der Waals surface area contributed by atoms with Crippen LogP contribution in [0.25, 0.3) is 0 Å². The van der Waals surface area contributed by atoms with Gasteiger partial charge in [-0.15, -0.1) is 24.8 Å². The molecule has 2 aliphatic rings. The Morgan fingerprint density at radius 2 is 1.37 bits per heavy atom. The van der Waals surface area contributed by atoms with Gasteiger partial charge in [0.05, 0.1) is 22.1 Å². The van der Waals surface area contributed by atoms with Crippen molar-refractivity contribution < 1.29 is 4.79 Å². The number of likely N-dealkylation sites (tertiary alicyclic amines) is 1. The Morgan fingerprint density at radius 3 is 1.95 bits per heavy atom. The van der Waals surface area contributed by atoms with E-state index in [1.807, 2.05) is 18.2 Å². The lowest BCUT2D eigenvalue weighted by molar-refractivity contribution is -0.140. The lowest BCUT2D eigenvalue weighted by Gasteiger charge is -2.43. The van der Waals surface area contributed by atoms with Gasteiger partial charge in [-0.25, -0.2) is 0 Å². The first-order valence-corrected chi connectivity index (χ1v) is 13.7. The van der Waals surface area contributed by atoms with Crippen LogP contribution in [0.4, 0.5) is 0 Å². The van der Waals surface area contributed by atoms with Crippen LogP contribution >= 0.6 is 48.0 Å². The summed E-state index contributed by atoms with van der Waals surface area (Å²) in [5.41, 5.74) is 3.69. The van der Waals surface area contributed by atoms with Crippen LogP contribution in [0.15, 0.2) is 78.9 Å². The Labute approximate surface area is 248 Å². The number of carbonyl (C=O) groups is 1. The van der Waals surface area contributed by atoms with E-state index in [0.29, 0.717) is 10.0 Å². The van der Waals surface area contributed by atoms with Crippen molar-refractivity contribution in [3.63, 3.8) is 0 Å². The van der Waals surface area contributed by atoms with Gasteiger partial charge in [0.2, 0.25) is 5.91 Å². The summed E-state index contributed by atoms with van der Waals surface area (Å²) >= 11 is 12.4. The minimum absolute atomic E-state index is 0. The van der Waals surface area contributed by atoms with Crippen LogP contribution in [0.3, 0.4) is 0 Å². The average molecular weight is 595 g/mol. The van der Waals surface area contributed by atoms with Crippen LogP contribution in [-0.2, 0) is 11.3 Å². The molecule has 0 bridgehead atoms. The lowest BCUT2D eigenvalue weighted by Crippen LogP contribution is -2.56. The maximum absolute atomic E-state index is 13.7. The van der Waals surface area contributed by atoms with E-state index in [0.717, 1.165) is 64.1 Å². The van der Waals surface area contributed by atoms with Gasteiger partial charge in [-0.2, -0.15) is 0 Å². The van der Waals surface area contributed by atoms with Crippen LogP contribution in [0.1, 0.15) is 42.0 Å². The monoisotopic (exact) mass is 593 g/mol. The molecule has 4 nitrogen and oxygen atoms in total. The van der Waals surface area contributed by atoms with Crippen LogP contribution in [-0.4, -0.2) is 59.4 Å². The number of halogens is 4. The van der Waals surface area contributed by atoms with Gasteiger partial charge in [0.25, 0.3) is 0 Å². The minimum Gasteiger partial charge on any atom is -0.339 e. The smallest absolute Gasteiger partial charge is 0.240 e. The zero-order chi connectivity index (χ0) is 24.9. The molecular formula is C30H35Cl4N3O. The molecule has 2 aliphatic heterocycles. The summed E-state index contributed by atoms with van der Waals surface area (Å²) in [7, 11) is 0. The van der Waals surface area contributed by atoms with Crippen molar-refractivity contribution in [1.82, 2.24) is 14.7 Å². The molecule has 0 radical (unpaired) electrons. The van der Waals surface area contributed by atoms with Crippen molar-refractivity contribution in [2.24, 2.45) is 0 Å². The first kappa shape index (κ1) is 30.7. The number of carbonyl (C=O) groups excluding carboxylic acids is 1. The summed E-state index contributed by atoms with van der Waals surface area (Å²) in [6, 6.07) is 27.3. The zero-order valence-electron chi connectivity index (χ0n) is 21.3. The van der Waals surface area contributed by atoms with Crippen molar-refractivity contribution in [1.29, 1.82) is 0 Å². The maximum atomic E-state index is 13.7. The number of amides is 1. The van der Waals surface area contributed by atoms with E-state index in [1.54, 1.807) is 0 Å². The van der Waals surface area contributed by atoms with Gasteiger partial charge < -0.3 is 4.90 Å². The van der Waals surface area contributed by atoms with E-state index in [4.69, 9.17) is 23.2 Å². The highest BCUT2D eigenvalue weighted by Crippen LogP contribution is 2.30. The molecule has 38 heavy (non-hydrogen) atoms. The van der Waals surface area contributed by atoms with Gasteiger partial charge in [-0.1, -0.05) is 96.4 Å². The highest BCUT2D eigenvalue weighted by Gasteiger charge is 2.35. The number of rotatable bonds is 6. The highest BCUT2D eigenvalue weighted by molar-refractivity contribution is 6.42. The third-order valence-electron chi connectivity index (χ3n) is 7.49. The van der Waals surface area contributed by atoms with Crippen molar-refractivity contribution in [3.05, 3.63) is 106 Å². The molecule has 0 saturated carbocycles. The van der Waals surface area contributed by atoms with Gasteiger partial charge in [-0.3, -0.25) is 14.6 Å². The van der Waals surface area contributed by atoms with Gasteiger partial charge in [0.1, 0.15) is 0 Å². The molecule has 0 spiro atoms. The number of hydrogen-bond acceptors (Lipinski definition) is 3. The summed E-state index contributed by atoms with van der Waals surface area (Å²) in [5, 5.41) is 1.13. The van der Waals surface area contributed by atoms with E-state index in [9.17, 15) is 4.79 Å². The first-order chi connectivity index (χ1) is 17.6. The standard InChI is InChI=1S/C30H33Cl2N3O.2ClH/c31-26-15-14-23(21-27(26)32)22-35-16-8-7-13-28(35)30(36)34-19-17-33(18-20-34)29(24-9-3-1-4-10-24)25-11-5-2-6-12-25;;/h1-6,9-12,14-15,21,28-29H,7-8,13,16-20,22H2;2*1H/t28-;;/m0../s1. The molecule has 3 aromatic carbocycles. The number of benzene rings is 3. The minimum atomic E-state index is -0.0706. The fraction of sp³-hybridized carbons (Fsp3) is 0.367. The molecule has 5 rings (SSSR count). The predicted molar refractivity (Wildman–Crippen MR) is 162 cm³/mol. The van der Waals surface area contributed by atoms with Crippen LogP contribution in [0.5, 0.6) is 0 Å². The van der Waals surface area contributed by atoms with Crippen molar-refractivity contribution in [2.45, 2.75) is 37.9 Å². The van der Waals surface area contributed by atoms with Crippen LogP contribution in [0, 0.1) is 0 Å². The van der Waals surface area contributed by atoms with Crippen molar-refractivity contribution in [3.8, 4) is 0 Å². The Kier molecular flexibility index (Phi) is 11.8. The molecule has 1 atom stereocenters. The molecule has 1 amide bonds. The van der Waals surface area contributed by atoms with Gasteiger partial charge in [0.15, 0.2) is 0 Å². The van der Waals surface area contributed by atoms with Gasteiger partial charge in [0, 0.05) is 32.7 Å². The molecule has 8 heteroatoms. The van der Waals surface area contributed by atoms with Crippen molar-refractivity contribution in [2.75, 3.05) is 32.7 Å². The summed E-state index contributed by atoms with van der Waals surface area (Å²) in [4.78, 5) is 20.6. The SMILES string of the molecule is Cl.Cl.O=C([C@@H]1CCCCN1Cc1ccc(Cl)c(Cl)c1)N1CCN(C(c2ccccc2)c2ccccc2)CC1. The Hall–Kier alpha value is -1.79. The van der Waals surface area contributed by atoms with E-state index < -0.39 is 0 Å². The van der Waals surface area contributed by atoms with E-state index >= 15 is 0 Å². The third kappa shape index (κ3) is 7.24. The molecule has 204 valence electrons. The third-order valence-corrected chi connectivity index (χ3v) is 8.23. The van der Waals surface area contributed by atoms with E-state index in [2.05, 4.69) is 75.4 Å². The zero-order valence-corrected chi connectivity index (χ0v) is 24.5. The van der Waals surface area contributed by atoms with Crippen molar-refractivity contribution >= 4 is 53.9 Å². The van der Waals surface area contributed by atoms with Crippen LogP contribution < -0.4 is 0 Å². The molecule has 0 aliphatic carbocycles. The van der Waals surface area contributed by atoms with Crippen LogP contribution in [0.2, 0.25) is 10.0 Å². The number of nitrogens with zero attached hydrogens (tertiary/aromatic N) is 3. The molecule has 2 heterocycles. The first-order valence-electron chi connectivity index (χ1n) is 12.9. The molecule has 0 aromatic heterocycles. The van der Waals surface area contributed by atoms with Gasteiger partial charge >= 0.3 is 0 Å². The number of piperidine rings is 1. The summed E-state index contributed by atoms with van der Waals surface area (Å²) in [5.74, 6) is 0.269. The van der Waals surface area contributed by atoms with E-state index in [1.165, 1.54) is 11.1 Å². The summed E-state index contributed by atoms with van der Waals surface area (Å²) in [6.45, 7) is 4.88. The Bertz CT molecular complexity index is 1120. The lowest BCUT2D eigenvalue weighted by atomic mass is 9.96. The quantitative estimate of drug-likeness (QED) is 0.304. The van der Waals surface area contributed by atoms with E-state index in [-0.39, 0.29) is 42.8 Å². The Balaban J connectivity index is 0.00000200. The maximum Gasteiger partial charge on any atom is 0.240 e. The molecule has 3 aromatic rings. The molecule has 0 N–H and O–H groups in total. The van der Waals surface area contributed by atoms with Gasteiger partial charge in [-0.05, 0) is 48.2 Å². The fourth-order valence-electron chi connectivity index (χ4n) is 5.63. The molecule has 2 fully saturated rings. The second kappa shape index (κ2) is 14.6. The molecule has 2 saturated heterocycles. The average Bonchev–Trinajstić information content (AvgIpc) is 2.92. The second-order valence-electron chi connectivity index (χ2n) is 9.82. The number of piperazine rings is 1. The topological polar surface area (TPSA) is 26.8 Å². The highest BCUT2D eigenvalue weighted by atomic mass is 35.5. The molecule has 0 unspecified atom stereocenters.